The summed E-state index contributed by atoms with van der Waals surface area (Å²) in [6.45, 7) is 7.33. The monoisotopic (exact) mass is 436 g/mol. The van der Waals surface area contributed by atoms with Crippen molar-refractivity contribution in [1.29, 1.82) is 0 Å². The molecule has 0 saturated heterocycles. The van der Waals surface area contributed by atoms with E-state index in [9.17, 15) is 0 Å². The molecule has 0 heterocycles. The van der Waals surface area contributed by atoms with Crippen molar-refractivity contribution >= 4 is 33.4 Å². The minimum atomic E-state index is -0.935. The van der Waals surface area contributed by atoms with Crippen LogP contribution in [0.25, 0.3) is 6.08 Å². The number of hydrogen-bond acceptors (Lipinski definition) is 0. The first kappa shape index (κ1) is 20.4. The van der Waals surface area contributed by atoms with Crippen molar-refractivity contribution in [2.24, 2.45) is 0 Å². The van der Waals surface area contributed by atoms with Gasteiger partial charge >= 0.3 is 0 Å². The maximum Gasteiger partial charge on any atom is 0.0604 e. The molecule has 3 aromatic rings. The van der Waals surface area contributed by atoms with Crippen molar-refractivity contribution in [3.8, 4) is 0 Å². The summed E-state index contributed by atoms with van der Waals surface area (Å²) in [5, 5.41) is 6.25. The molecular formula is C29H29PSi. The van der Waals surface area contributed by atoms with E-state index in [1.807, 2.05) is 0 Å². The predicted octanol–water partition coefficient (Wildman–Crippen LogP) is 6.93. The Kier molecular flexibility index (Phi) is 5.65. The highest BCUT2D eigenvalue weighted by molar-refractivity contribution is 7.77. The van der Waals surface area contributed by atoms with E-state index in [4.69, 9.17) is 0 Å². The number of benzene rings is 3. The molecule has 0 bridgehead atoms. The van der Waals surface area contributed by atoms with E-state index in [-0.39, 0.29) is 0 Å². The average molecular weight is 437 g/mol. The fourth-order valence-electron chi connectivity index (χ4n) is 5.13. The third-order valence-corrected chi connectivity index (χ3v) is 11.0. The van der Waals surface area contributed by atoms with Gasteiger partial charge in [0.1, 0.15) is 0 Å². The van der Waals surface area contributed by atoms with E-state index >= 15 is 0 Å². The Morgan fingerprint density at radius 3 is 1.97 bits per heavy atom. The van der Waals surface area contributed by atoms with Gasteiger partial charge in [-0.05, 0) is 53.9 Å². The Labute approximate surface area is 189 Å². The summed E-state index contributed by atoms with van der Waals surface area (Å²) in [6.07, 6.45) is 6.13. The van der Waals surface area contributed by atoms with Gasteiger partial charge < -0.3 is 0 Å². The van der Waals surface area contributed by atoms with E-state index in [0.717, 1.165) is 6.42 Å². The van der Waals surface area contributed by atoms with Gasteiger partial charge in [0.05, 0.1) is 8.80 Å². The van der Waals surface area contributed by atoms with Gasteiger partial charge in [0, 0.05) is 5.92 Å². The number of rotatable bonds is 5. The molecule has 5 rings (SSSR count). The average Bonchev–Trinajstić information content (AvgIpc) is 3.35. The summed E-state index contributed by atoms with van der Waals surface area (Å²) < 4.78 is 0. The van der Waals surface area contributed by atoms with Gasteiger partial charge in [0.25, 0.3) is 0 Å². The van der Waals surface area contributed by atoms with E-state index in [1.165, 1.54) is 27.3 Å². The van der Waals surface area contributed by atoms with Crippen LogP contribution in [-0.2, 0) is 0 Å². The van der Waals surface area contributed by atoms with Crippen molar-refractivity contribution in [2.45, 2.75) is 32.4 Å². The van der Waals surface area contributed by atoms with Crippen LogP contribution in [0.15, 0.2) is 113 Å². The van der Waals surface area contributed by atoms with Crippen LogP contribution in [0.1, 0.15) is 30.4 Å². The molecule has 0 saturated carbocycles. The lowest BCUT2D eigenvalue weighted by molar-refractivity contribution is 0.967. The first-order chi connectivity index (χ1) is 15.1. The molecule has 2 aliphatic rings. The third-order valence-electron chi connectivity index (χ3n) is 6.54. The minimum absolute atomic E-state index is 0.410. The van der Waals surface area contributed by atoms with Crippen LogP contribution in [0.2, 0.25) is 13.1 Å². The Morgan fingerprint density at radius 2 is 1.35 bits per heavy atom. The standard InChI is InChI=1S/C29H29PSi/c1-21-20-22-12-10-11-17-25(22)28(21)29-26(18-19-27(29)31(2)3)30(23-13-6-4-7-14-23)24-15-8-5-9-16-24/h4-18,20,28,31H,19H2,1-3H3. The summed E-state index contributed by atoms with van der Waals surface area (Å²) in [7, 11) is -1.50. The molecule has 2 heteroatoms. The molecule has 3 aromatic carbocycles. The molecule has 154 valence electrons. The normalized spacial score (nSPS) is 17.9. The third kappa shape index (κ3) is 3.71. The van der Waals surface area contributed by atoms with E-state index in [1.54, 1.807) is 16.1 Å². The smallest absolute Gasteiger partial charge is 0.0604 e. The highest BCUT2D eigenvalue weighted by Crippen LogP contribution is 2.57. The lowest BCUT2D eigenvalue weighted by atomic mass is 9.89. The van der Waals surface area contributed by atoms with E-state index in [2.05, 4.69) is 117 Å². The zero-order valence-corrected chi connectivity index (χ0v) is 20.6. The lowest BCUT2D eigenvalue weighted by Gasteiger charge is -2.28. The Morgan fingerprint density at radius 1 is 0.774 bits per heavy atom. The molecule has 2 aliphatic carbocycles. The van der Waals surface area contributed by atoms with Gasteiger partial charge in [-0.1, -0.05) is 121 Å². The van der Waals surface area contributed by atoms with Gasteiger partial charge in [0.2, 0.25) is 0 Å². The van der Waals surface area contributed by atoms with Crippen LogP contribution in [0.4, 0.5) is 0 Å². The maximum atomic E-state index is 2.58. The second-order valence-electron chi connectivity index (χ2n) is 8.84. The van der Waals surface area contributed by atoms with Crippen LogP contribution >= 0.6 is 7.92 Å². The van der Waals surface area contributed by atoms with Gasteiger partial charge in [-0.25, -0.2) is 0 Å². The Balaban J connectivity index is 1.70. The summed E-state index contributed by atoms with van der Waals surface area (Å²) >= 11 is 0. The fourth-order valence-corrected chi connectivity index (χ4v) is 9.36. The molecule has 0 N–H and O–H groups in total. The molecule has 0 aromatic heterocycles. The van der Waals surface area contributed by atoms with Gasteiger partial charge in [-0.3, -0.25) is 0 Å². The topological polar surface area (TPSA) is 0 Å². The number of allylic oxidation sites excluding steroid dienone is 5. The van der Waals surface area contributed by atoms with Gasteiger partial charge in [-0.2, -0.15) is 0 Å². The number of fused-ring (bicyclic) bond motifs is 1. The van der Waals surface area contributed by atoms with E-state index in [0.29, 0.717) is 5.92 Å². The van der Waals surface area contributed by atoms with Crippen molar-refractivity contribution in [3.05, 3.63) is 124 Å². The van der Waals surface area contributed by atoms with Crippen molar-refractivity contribution in [2.75, 3.05) is 0 Å². The molecule has 0 aliphatic heterocycles. The predicted molar refractivity (Wildman–Crippen MR) is 141 cm³/mol. The summed E-state index contributed by atoms with van der Waals surface area (Å²) in [6, 6.07) is 31.4. The molecule has 1 atom stereocenters. The zero-order valence-electron chi connectivity index (χ0n) is 18.5. The summed E-state index contributed by atoms with van der Waals surface area (Å²) in [4.78, 5) is 0. The largest absolute Gasteiger partial charge is 0.0762 e. The number of hydrogen-bond donors (Lipinski definition) is 0. The molecule has 0 spiro atoms. The van der Waals surface area contributed by atoms with Gasteiger partial charge in [0.15, 0.2) is 0 Å². The second kappa shape index (κ2) is 8.58. The second-order valence-corrected chi connectivity index (χ2v) is 14.0. The Bertz CT molecular complexity index is 1150. The van der Waals surface area contributed by atoms with Crippen molar-refractivity contribution < 1.29 is 0 Å². The van der Waals surface area contributed by atoms with Crippen LogP contribution in [0.5, 0.6) is 0 Å². The SMILES string of the molecule is CC1=Cc2ccccc2C1C1=C([SiH](C)C)CC=C1P(c1ccccc1)c1ccccc1. The zero-order chi connectivity index (χ0) is 21.4. The molecule has 0 fully saturated rings. The van der Waals surface area contributed by atoms with E-state index < -0.39 is 16.7 Å². The van der Waals surface area contributed by atoms with Crippen LogP contribution in [0.3, 0.4) is 0 Å². The van der Waals surface area contributed by atoms with Crippen LogP contribution in [-0.4, -0.2) is 8.80 Å². The highest BCUT2D eigenvalue weighted by atomic mass is 31.1. The fraction of sp³-hybridized carbons (Fsp3) is 0.172. The lowest BCUT2D eigenvalue weighted by Crippen LogP contribution is -2.17. The molecular weight excluding hydrogens is 407 g/mol. The first-order valence-corrected chi connectivity index (χ1v) is 15.5. The minimum Gasteiger partial charge on any atom is -0.0762 e. The molecule has 0 amide bonds. The quantitative estimate of drug-likeness (QED) is 0.300. The first-order valence-electron chi connectivity index (χ1n) is 11.3. The summed E-state index contributed by atoms with van der Waals surface area (Å²) in [5.41, 5.74) is 6.04. The maximum absolute atomic E-state index is 2.58. The molecule has 31 heavy (non-hydrogen) atoms. The van der Waals surface area contributed by atoms with Crippen LogP contribution in [0, 0.1) is 0 Å². The molecule has 0 nitrogen and oxygen atoms in total. The van der Waals surface area contributed by atoms with Crippen molar-refractivity contribution in [3.63, 3.8) is 0 Å². The highest BCUT2D eigenvalue weighted by Gasteiger charge is 2.36. The van der Waals surface area contributed by atoms with Crippen molar-refractivity contribution in [1.82, 2.24) is 0 Å². The summed E-state index contributed by atoms with van der Waals surface area (Å²) in [5.74, 6) is 0.410. The van der Waals surface area contributed by atoms with Gasteiger partial charge in [-0.15, -0.1) is 0 Å². The Hall–Kier alpha value is -2.47. The molecule has 0 radical (unpaired) electrons. The molecule has 1 unspecified atom stereocenters. The van der Waals surface area contributed by atoms with Crippen LogP contribution < -0.4 is 10.6 Å².